The number of thiophene rings is 1. The molecule has 0 spiro atoms. The normalized spacial score (nSPS) is 11.7. The van der Waals surface area contributed by atoms with Crippen molar-refractivity contribution < 1.29 is 4.42 Å². The predicted molar refractivity (Wildman–Crippen MR) is 78.2 cm³/mol. The summed E-state index contributed by atoms with van der Waals surface area (Å²) >= 11 is 1.36. The van der Waals surface area contributed by atoms with Gasteiger partial charge in [-0.05, 0) is 11.4 Å². The molecule has 0 saturated carbocycles. The zero-order valence-electron chi connectivity index (χ0n) is 11.7. The van der Waals surface area contributed by atoms with E-state index in [1.54, 1.807) is 18.4 Å². The number of fused-ring (bicyclic) bond motifs is 3. The van der Waals surface area contributed by atoms with Gasteiger partial charge < -0.3 is 4.42 Å². The molecule has 0 aliphatic carbocycles. The second-order valence-electron chi connectivity index (χ2n) is 4.80. The lowest BCUT2D eigenvalue weighted by Gasteiger charge is -2.04. The fourth-order valence-electron chi connectivity index (χ4n) is 2.40. The highest BCUT2D eigenvalue weighted by Crippen LogP contribution is 2.19. The molecule has 0 atom stereocenters. The van der Waals surface area contributed by atoms with E-state index in [2.05, 4.69) is 15.3 Å². The summed E-state index contributed by atoms with van der Waals surface area (Å²) in [4.78, 5) is 23.9. The van der Waals surface area contributed by atoms with Gasteiger partial charge in [-0.1, -0.05) is 0 Å². The van der Waals surface area contributed by atoms with Crippen LogP contribution in [0, 0.1) is 6.92 Å². The SMILES string of the molecule is Cc1nn(Cc2nnc3n(C)c(=O)c4sccc4n23)c(=O)o1. The zero-order valence-corrected chi connectivity index (χ0v) is 12.5. The van der Waals surface area contributed by atoms with E-state index in [0.717, 1.165) is 5.52 Å². The summed E-state index contributed by atoms with van der Waals surface area (Å²) in [7, 11) is 1.64. The molecule has 0 N–H and O–H groups in total. The highest BCUT2D eigenvalue weighted by Gasteiger charge is 2.17. The number of nitrogens with zero attached hydrogens (tertiary/aromatic N) is 6. The first kappa shape index (κ1) is 13.0. The first-order valence-corrected chi connectivity index (χ1v) is 7.29. The number of aryl methyl sites for hydroxylation is 2. The van der Waals surface area contributed by atoms with Crippen molar-refractivity contribution >= 4 is 27.3 Å². The standard InChI is InChI=1S/C12H10N6O3S/c1-6-15-17(12(20)21-6)5-8-13-14-11-16(2)10(19)9-7(18(8)11)3-4-22-9/h3-4H,5H2,1-2H3. The topological polar surface area (TPSA) is 100 Å². The van der Waals surface area contributed by atoms with Gasteiger partial charge in [-0.15, -0.1) is 26.6 Å². The van der Waals surface area contributed by atoms with Crippen LogP contribution in [0.1, 0.15) is 11.7 Å². The van der Waals surface area contributed by atoms with E-state index in [1.807, 2.05) is 11.4 Å². The molecular formula is C12H10N6O3S. The fraction of sp³-hybridized carbons (Fsp3) is 0.250. The molecule has 112 valence electrons. The maximum atomic E-state index is 12.2. The highest BCUT2D eigenvalue weighted by molar-refractivity contribution is 7.17. The third-order valence-electron chi connectivity index (χ3n) is 3.40. The van der Waals surface area contributed by atoms with Crippen molar-refractivity contribution in [3.8, 4) is 0 Å². The third-order valence-corrected chi connectivity index (χ3v) is 4.29. The van der Waals surface area contributed by atoms with Gasteiger partial charge in [-0.3, -0.25) is 13.8 Å². The van der Waals surface area contributed by atoms with E-state index >= 15 is 0 Å². The van der Waals surface area contributed by atoms with Gasteiger partial charge in [0.1, 0.15) is 11.2 Å². The number of rotatable bonds is 2. The summed E-state index contributed by atoms with van der Waals surface area (Å²) in [5, 5.41) is 14.0. The smallest absolute Gasteiger partial charge is 0.393 e. The second kappa shape index (κ2) is 4.37. The quantitative estimate of drug-likeness (QED) is 0.521. The van der Waals surface area contributed by atoms with E-state index in [4.69, 9.17) is 4.42 Å². The van der Waals surface area contributed by atoms with E-state index in [-0.39, 0.29) is 18.0 Å². The average Bonchev–Trinajstić information content (AvgIpc) is 3.16. The Morgan fingerprint density at radius 1 is 1.32 bits per heavy atom. The van der Waals surface area contributed by atoms with Gasteiger partial charge in [0.25, 0.3) is 5.56 Å². The maximum Gasteiger partial charge on any atom is 0.437 e. The minimum absolute atomic E-state index is 0.112. The Morgan fingerprint density at radius 2 is 2.14 bits per heavy atom. The Kier molecular flexibility index (Phi) is 2.57. The molecule has 0 saturated heterocycles. The summed E-state index contributed by atoms with van der Waals surface area (Å²) in [5.74, 6) is 0.649. The molecule has 4 aromatic heterocycles. The molecule has 4 aromatic rings. The van der Waals surface area contributed by atoms with Gasteiger partial charge in [0, 0.05) is 14.0 Å². The van der Waals surface area contributed by atoms with Gasteiger partial charge >= 0.3 is 5.76 Å². The van der Waals surface area contributed by atoms with Crippen molar-refractivity contribution in [2.75, 3.05) is 0 Å². The van der Waals surface area contributed by atoms with Crippen LogP contribution in [-0.4, -0.2) is 28.9 Å². The van der Waals surface area contributed by atoms with Crippen LogP contribution in [0.5, 0.6) is 0 Å². The van der Waals surface area contributed by atoms with Crippen LogP contribution in [0.25, 0.3) is 16.0 Å². The summed E-state index contributed by atoms with van der Waals surface area (Å²) in [6.07, 6.45) is 0. The summed E-state index contributed by atoms with van der Waals surface area (Å²) in [6.45, 7) is 1.71. The molecule has 0 aliphatic heterocycles. The average molecular weight is 318 g/mol. The molecule has 0 fully saturated rings. The van der Waals surface area contributed by atoms with Crippen molar-refractivity contribution in [3.05, 3.63) is 44.1 Å². The number of hydrogen-bond donors (Lipinski definition) is 0. The van der Waals surface area contributed by atoms with Crippen LogP contribution in [0.3, 0.4) is 0 Å². The Hall–Kier alpha value is -2.75. The van der Waals surface area contributed by atoms with Crippen molar-refractivity contribution in [1.82, 2.24) is 28.9 Å². The van der Waals surface area contributed by atoms with Gasteiger partial charge in [0.2, 0.25) is 11.7 Å². The van der Waals surface area contributed by atoms with E-state index in [1.165, 1.54) is 20.6 Å². The van der Waals surface area contributed by atoms with Crippen molar-refractivity contribution in [1.29, 1.82) is 0 Å². The number of hydrogen-bond acceptors (Lipinski definition) is 7. The molecule has 0 bridgehead atoms. The molecule has 4 heterocycles. The fourth-order valence-corrected chi connectivity index (χ4v) is 3.25. The molecule has 0 amide bonds. The largest absolute Gasteiger partial charge is 0.437 e. The minimum atomic E-state index is -0.555. The van der Waals surface area contributed by atoms with Crippen LogP contribution < -0.4 is 11.3 Å². The van der Waals surface area contributed by atoms with Crippen LogP contribution in [0.4, 0.5) is 0 Å². The van der Waals surface area contributed by atoms with Crippen LogP contribution in [-0.2, 0) is 13.6 Å². The lowest BCUT2D eigenvalue weighted by Crippen LogP contribution is -2.21. The lowest BCUT2D eigenvalue weighted by molar-refractivity contribution is 0.464. The van der Waals surface area contributed by atoms with Crippen molar-refractivity contribution in [3.63, 3.8) is 0 Å². The van der Waals surface area contributed by atoms with Gasteiger partial charge in [0.15, 0.2) is 5.82 Å². The summed E-state index contributed by atoms with van der Waals surface area (Å²) in [6, 6.07) is 1.83. The Labute approximate surface area is 126 Å². The lowest BCUT2D eigenvalue weighted by atomic mass is 10.4. The van der Waals surface area contributed by atoms with Crippen molar-refractivity contribution in [2.24, 2.45) is 7.05 Å². The second-order valence-corrected chi connectivity index (χ2v) is 5.71. The van der Waals surface area contributed by atoms with Gasteiger partial charge in [-0.2, -0.15) is 4.68 Å². The molecule has 0 aromatic carbocycles. The summed E-state index contributed by atoms with van der Waals surface area (Å²) < 4.78 is 9.85. The molecular weight excluding hydrogens is 308 g/mol. The van der Waals surface area contributed by atoms with Crippen LogP contribution in [0.15, 0.2) is 25.5 Å². The monoisotopic (exact) mass is 318 g/mol. The van der Waals surface area contributed by atoms with Crippen LogP contribution >= 0.6 is 11.3 Å². The van der Waals surface area contributed by atoms with E-state index in [0.29, 0.717) is 16.3 Å². The third kappa shape index (κ3) is 1.67. The van der Waals surface area contributed by atoms with E-state index < -0.39 is 5.76 Å². The Bertz CT molecular complexity index is 1130. The number of aromatic nitrogens is 6. The molecule has 0 radical (unpaired) electrons. The zero-order chi connectivity index (χ0) is 15.4. The highest BCUT2D eigenvalue weighted by atomic mass is 32.1. The molecule has 10 heteroatoms. The molecule has 22 heavy (non-hydrogen) atoms. The molecule has 4 rings (SSSR count). The van der Waals surface area contributed by atoms with Crippen molar-refractivity contribution in [2.45, 2.75) is 13.5 Å². The van der Waals surface area contributed by atoms with E-state index in [9.17, 15) is 9.59 Å². The first-order valence-electron chi connectivity index (χ1n) is 6.41. The molecule has 0 unspecified atom stereocenters. The Morgan fingerprint density at radius 3 is 2.86 bits per heavy atom. The maximum absolute atomic E-state index is 12.2. The predicted octanol–water partition coefficient (Wildman–Crippen LogP) is 0.149. The van der Waals surface area contributed by atoms with Gasteiger partial charge in [-0.25, -0.2) is 4.79 Å². The van der Waals surface area contributed by atoms with Gasteiger partial charge in [0.05, 0.1) is 5.52 Å². The Balaban J connectivity index is 2.02. The minimum Gasteiger partial charge on any atom is -0.393 e. The molecule has 0 aliphatic rings. The summed E-state index contributed by atoms with van der Waals surface area (Å²) in [5.41, 5.74) is 0.599. The molecule has 9 nitrogen and oxygen atoms in total. The van der Waals surface area contributed by atoms with Crippen LogP contribution in [0.2, 0.25) is 0 Å². The first-order chi connectivity index (χ1) is 10.6.